The Kier molecular flexibility index (Phi) is 16.8. The van der Waals surface area contributed by atoms with E-state index in [0.29, 0.717) is 57.0 Å². The quantitative estimate of drug-likeness (QED) is 0.0738. The molecule has 0 fully saturated rings. The van der Waals surface area contributed by atoms with Gasteiger partial charge >= 0.3 is 12.4 Å². The van der Waals surface area contributed by atoms with E-state index in [1.807, 2.05) is 81.4 Å². The normalized spacial score (nSPS) is 11.2. The van der Waals surface area contributed by atoms with Gasteiger partial charge in [0.25, 0.3) is 0 Å². The standard InChI is InChI=1S/C17H13ClF3N5.C17H13F4N5.C16H13Cl2N5/c2*1-9-2-5-11(6-3-9)23-16-25-14(24-15(22)26-16)12-8-10(17(19,20)21)4-7-13(12)18;1-9-2-5-11(6-3-9)20-16-22-14(21-15(19)23-16)12-8-10(17)4-7-13(12)18/h2*2-8H,1H3,(H3,22,23,24,25,26);2-8H,1H3,(H3,19,20,21,22,23). The van der Waals surface area contributed by atoms with Crippen molar-refractivity contribution < 1.29 is 30.7 Å². The highest BCUT2D eigenvalue weighted by Gasteiger charge is 2.33. The maximum atomic E-state index is 14.0. The van der Waals surface area contributed by atoms with Crippen molar-refractivity contribution in [3.63, 3.8) is 0 Å². The van der Waals surface area contributed by atoms with E-state index in [1.54, 1.807) is 30.3 Å². The van der Waals surface area contributed by atoms with Gasteiger partial charge in [-0.2, -0.15) is 71.2 Å². The Morgan fingerprint density at radius 2 is 0.707 bits per heavy atom. The largest absolute Gasteiger partial charge is 0.416 e. The summed E-state index contributed by atoms with van der Waals surface area (Å²) in [5.41, 5.74) is 20.9. The molecule has 0 aliphatic carbocycles. The third kappa shape index (κ3) is 15.1. The molecule has 3 aromatic heterocycles. The molecule has 0 amide bonds. The summed E-state index contributed by atoms with van der Waals surface area (Å²) in [6.07, 6.45) is -9.13. The van der Waals surface area contributed by atoms with Crippen LogP contribution in [0.25, 0.3) is 34.2 Å². The van der Waals surface area contributed by atoms with E-state index >= 15 is 0 Å². The van der Waals surface area contributed by atoms with Crippen molar-refractivity contribution in [2.75, 3.05) is 33.2 Å². The molecule has 9 N–H and O–H groups in total. The summed E-state index contributed by atoms with van der Waals surface area (Å²) in [5, 5.41) is 10.00. The van der Waals surface area contributed by atoms with Crippen molar-refractivity contribution in [3.8, 4) is 34.2 Å². The van der Waals surface area contributed by atoms with Crippen LogP contribution in [0.3, 0.4) is 0 Å². The molecule has 9 aromatic rings. The number of alkyl halides is 6. The van der Waals surface area contributed by atoms with Crippen molar-refractivity contribution in [1.82, 2.24) is 44.9 Å². The fraction of sp³-hybridized carbons (Fsp3) is 0.100. The maximum Gasteiger partial charge on any atom is 0.416 e. The molecule has 0 spiro atoms. The summed E-state index contributed by atoms with van der Waals surface area (Å²) in [5.74, 6) is -0.742. The number of rotatable bonds is 9. The van der Waals surface area contributed by atoms with Crippen LogP contribution < -0.4 is 33.2 Å². The molecule has 3 heterocycles. The fourth-order valence-corrected chi connectivity index (χ4v) is 7.00. The van der Waals surface area contributed by atoms with Crippen molar-refractivity contribution in [1.29, 1.82) is 0 Å². The molecule has 25 heteroatoms. The van der Waals surface area contributed by atoms with Gasteiger partial charge in [-0.3, -0.25) is 0 Å². The highest BCUT2D eigenvalue weighted by atomic mass is 35.5. The first-order chi connectivity index (χ1) is 35.4. The minimum atomic E-state index is -4.62. The van der Waals surface area contributed by atoms with Crippen molar-refractivity contribution in [2.24, 2.45) is 0 Å². The molecule has 9 rings (SSSR count). The van der Waals surface area contributed by atoms with Crippen LogP contribution in [-0.4, -0.2) is 44.9 Å². The number of hydrogen-bond donors (Lipinski definition) is 6. The first-order valence-electron chi connectivity index (χ1n) is 21.7. The van der Waals surface area contributed by atoms with Gasteiger partial charge in [-0.25, -0.2) is 4.39 Å². The Balaban J connectivity index is 0.000000164. The van der Waals surface area contributed by atoms with E-state index < -0.39 is 34.9 Å². The van der Waals surface area contributed by atoms with Gasteiger partial charge in [0, 0.05) is 33.2 Å². The topological polar surface area (TPSA) is 230 Å². The van der Waals surface area contributed by atoms with Crippen LogP contribution in [0.5, 0.6) is 0 Å². The number of nitrogens with zero attached hydrogens (tertiary/aromatic N) is 9. The van der Waals surface area contributed by atoms with Crippen LogP contribution >= 0.6 is 34.8 Å². The molecule has 0 radical (unpaired) electrons. The van der Waals surface area contributed by atoms with E-state index in [-0.39, 0.29) is 52.0 Å². The second-order valence-corrected chi connectivity index (χ2v) is 17.3. The fourth-order valence-electron chi connectivity index (χ4n) is 6.42. The SMILES string of the molecule is Cc1ccc(Nc2nc(N)nc(-c3cc(C(F)(F)F)ccc3Cl)n2)cc1.Cc1ccc(Nc2nc(N)nc(-c3cc(C(F)(F)F)ccc3F)n2)cc1.Cc1ccc(Nc2nc(N)nc(-c3cc(Cl)ccc3Cl)n2)cc1. The minimum Gasteiger partial charge on any atom is -0.368 e. The Morgan fingerprint density at radius 3 is 1.08 bits per heavy atom. The first kappa shape index (κ1) is 54.3. The predicted octanol–water partition coefficient (Wildman–Crippen LogP) is 13.7. The molecule has 0 saturated carbocycles. The van der Waals surface area contributed by atoms with Gasteiger partial charge < -0.3 is 33.2 Å². The zero-order valence-corrected chi connectivity index (χ0v) is 41.4. The molecular weight excluding hydrogens is 1050 g/mol. The zero-order chi connectivity index (χ0) is 54.2. The summed E-state index contributed by atoms with van der Waals surface area (Å²) in [6.45, 7) is 5.88. The average Bonchev–Trinajstić information content (AvgIpc) is 3.34. The van der Waals surface area contributed by atoms with E-state index in [1.165, 1.54) is 0 Å². The number of hydrogen-bond acceptors (Lipinski definition) is 15. The molecular formula is C50H39Cl3F7N15. The van der Waals surface area contributed by atoms with Crippen LogP contribution in [0, 0.1) is 26.6 Å². The molecule has 384 valence electrons. The van der Waals surface area contributed by atoms with Gasteiger partial charge in [0.1, 0.15) is 5.82 Å². The van der Waals surface area contributed by atoms with Gasteiger partial charge in [0.15, 0.2) is 17.5 Å². The van der Waals surface area contributed by atoms with E-state index in [9.17, 15) is 30.7 Å². The molecule has 6 aromatic carbocycles. The minimum absolute atomic E-state index is 0.00633. The van der Waals surface area contributed by atoms with Gasteiger partial charge in [-0.05, 0) is 112 Å². The van der Waals surface area contributed by atoms with E-state index in [2.05, 4.69) is 60.8 Å². The number of halogens is 10. The van der Waals surface area contributed by atoms with Crippen LogP contribution in [0.4, 0.5) is 83.5 Å². The third-order valence-corrected chi connectivity index (χ3v) is 11.0. The van der Waals surface area contributed by atoms with Crippen LogP contribution in [0.2, 0.25) is 15.1 Å². The number of nitrogens with one attached hydrogen (secondary N) is 3. The highest BCUT2D eigenvalue weighted by molar-refractivity contribution is 6.35. The lowest BCUT2D eigenvalue weighted by atomic mass is 10.1. The third-order valence-electron chi connectivity index (χ3n) is 10.1. The molecule has 0 aliphatic heterocycles. The predicted molar refractivity (Wildman–Crippen MR) is 277 cm³/mol. The summed E-state index contributed by atoms with van der Waals surface area (Å²) >= 11 is 18.2. The Hall–Kier alpha value is -8.47. The molecule has 15 nitrogen and oxygen atoms in total. The summed E-state index contributed by atoms with van der Waals surface area (Å²) in [6, 6.07) is 32.4. The lowest BCUT2D eigenvalue weighted by Gasteiger charge is -2.11. The molecule has 0 unspecified atom stereocenters. The molecule has 0 atom stereocenters. The Labute approximate surface area is 437 Å². The molecule has 75 heavy (non-hydrogen) atoms. The lowest BCUT2D eigenvalue weighted by Crippen LogP contribution is -2.08. The second-order valence-electron chi connectivity index (χ2n) is 16.0. The van der Waals surface area contributed by atoms with Crippen molar-refractivity contribution in [3.05, 3.63) is 176 Å². The Morgan fingerprint density at radius 1 is 0.387 bits per heavy atom. The van der Waals surface area contributed by atoms with Gasteiger partial charge in [-0.1, -0.05) is 87.9 Å². The van der Waals surface area contributed by atoms with Crippen LogP contribution in [0.1, 0.15) is 27.8 Å². The zero-order valence-electron chi connectivity index (χ0n) is 39.2. The number of aryl methyl sites for hydroxylation is 3. The monoisotopic (exact) mass is 1090 g/mol. The average molecular weight is 1090 g/mol. The van der Waals surface area contributed by atoms with Crippen molar-refractivity contribution in [2.45, 2.75) is 33.1 Å². The smallest absolute Gasteiger partial charge is 0.368 e. The van der Waals surface area contributed by atoms with Crippen molar-refractivity contribution >= 4 is 87.6 Å². The summed E-state index contributed by atoms with van der Waals surface area (Å²) in [4.78, 5) is 36.2. The molecule has 0 saturated heterocycles. The summed E-state index contributed by atoms with van der Waals surface area (Å²) in [7, 11) is 0. The van der Waals surface area contributed by atoms with Crippen LogP contribution in [-0.2, 0) is 12.4 Å². The number of anilines is 9. The van der Waals surface area contributed by atoms with Gasteiger partial charge in [-0.15, -0.1) is 0 Å². The number of nitrogen functional groups attached to an aromatic ring is 3. The van der Waals surface area contributed by atoms with Gasteiger partial charge in [0.05, 0.1) is 26.7 Å². The first-order valence-corrected chi connectivity index (χ1v) is 22.8. The number of nitrogens with two attached hydrogens (primary N) is 3. The Bertz CT molecular complexity index is 3300. The molecule has 0 bridgehead atoms. The van der Waals surface area contributed by atoms with Crippen LogP contribution in [0.15, 0.2) is 127 Å². The summed E-state index contributed by atoms with van der Waals surface area (Å²) < 4.78 is 91.6. The molecule has 0 aliphatic rings. The second kappa shape index (κ2) is 23.2. The van der Waals surface area contributed by atoms with Gasteiger partial charge in [0.2, 0.25) is 35.7 Å². The number of aromatic nitrogens is 9. The van der Waals surface area contributed by atoms with E-state index in [4.69, 9.17) is 52.0 Å². The maximum absolute atomic E-state index is 14.0. The number of benzene rings is 6. The lowest BCUT2D eigenvalue weighted by molar-refractivity contribution is -0.138. The van der Waals surface area contributed by atoms with E-state index in [0.717, 1.165) is 40.6 Å². The highest BCUT2D eigenvalue weighted by Crippen LogP contribution is 2.36.